The lowest BCUT2D eigenvalue weighted by atomic mass is 10.1. The highest BCUT2D eigenvalue weighted by molar-refractivity contribution is 9.10. The minimum Gasteiger partial charge on any atom is -0.465 e. The summed E-state index contributed by atoms with van der Waals surface area (Å²) in [6.07, 6.45) is 1.65. The molecule has 0 fully saturated rings. The Balaban J connectivity index is 2.68. The number of methoxy groups -OCH3 is 1. The highest BCUT2D eigenvalue weighted by Crippen LogP contribution is 2.30. The second-order valence-corrected chi connectivity index (χ2v) is 4.70. The van der Waals surface area contributed by atoms with Crippen LogP contribution in [0.3, 0.4) is 0 Å². The van der Waals surface area contributed by atoms with Gasteiger partial charge in [-0.15, -0.1) is 0 Å². The Kier molecular flexibility index (Phi) is 3.52. The molecule has 1 aromatic heterocycles. The molecule has 1 aromatic carbocycles. The van der Waals surface area contributed by atoms with Gasteiger partial charge in [0, 0.05) is 16.3 Å². The average Bonchev–Trinajstić information content (AvgIpc) is 2.66. The lowest BCUT2D eigenvalue weighted by Gasteiger charge is -1.99. The fraction of sp³-hybridized carbons (Fsp3) is 0.308. The predicted octanol–water partition coefficient (Wildman–Crippen LogP) is 3.93. The van der Waals surface area contributed by atoms with Gasteiger partial charge in [-0.3, -0.25) is 0 Å². The van der Waals surface area contributed by atoms with Crippen molar-refractivity contribution < 1.29 is 13.9 Å². The molecular formula is C13H13BrO3. The molecular weight excluding hydrogens is 284 g/mol. The number of furan rings is 1. The smallest absolute Gasteiger partial charge is 0.342 e. The highest BCUT2D eigenvalue weighted by Gasteiger charge is 2.20. The Morgan fingerprint density at radius 2 is 2.24 bits per heavy atom. The van der Waals surface area contributed by atoms with Crippen LogP contribution in [0, 0.1) is 0 Å². The van der Waals surface area contributed by atoms with E-state index in [1.807, 2.05) is 25.1 Å². The van der Waals surface area contributed by atoms with E-state index in [9.17, 15) is 4.79 Å². The van der Waals surface area contributed by atoms with Crippen LogP contribution in [0.2, 0.25) is 0 Å². The molecule has 90 valence electrons. The molecule has 0 radical (unpaired) electrons. The number of rotatable bonds is 3. The molecule has 0 aliphatic heterocycles. The number of carbonyl (C=O) groups excluding carboxylic acids is 1. The predicted molar refractivity (Wildman–Crippen MR) is 69.2 cm³/mol. The Bertz CT molecular complexity index is 557. The Morgan fingerprint density at radius 3 is 2.88 bits per heavy atom. The van der Waals surface area contributed by atoms with Gasteiger partial charge < -0.3 is 9.15 Å². The molecule has 3 nitrogen and oxygen atoms in total. The summed E-state index contributed by atoms with van der Waals surface area (Å²) >= 11 is 3.39. The molecule has 0 spiro atoms. The molecule has 0 saturated heterocycles. The zero-order valence-corrected chi connectivity index (χ0v) is 11.3. The maximum Gasteiger partial charge on any atom is 0.342 e. The third-order valence-corrected chi connectivity index (χ3v) is 3.08. The maximum atomic E-state index is 11.8. The highest BCUT2D eigenvalue weighted by atomic mass is 79.9. The molecule has 1 heterocycles. The van der Waals surface area contributed by atoms with Crippen molar-refractivity contribution in [2.75, 3.05) is 7.11 Å². The maximum absolute atomic E-state index is 11.8. The normalized spacial score (nSPS) is 10.8. The monoisotopic (exact) mass is 296 g/mol. The number of fused-ring (bicyclic) bond motifs is 1. The summed E-state index contributed by atoms with van der Waals surface area (Å²) in [6, 6.07) is 5.62. The molecule has 0 N–H and O–H groups in total. The minimum atomic E-state index is -0.342. The van der Waals surface area contributed by atoms with E-state index in [1.165, 1.54) is 7.11 Å². The first kappa shape index (κ1) is 12.2. The third-order valence-electron chi connectivity index (χ3n) is 2.59. The van der Waals surface area contributed by atoms with Gasteiger partial charge >= 0.3 is 5.97 Å². The quantitative estimate of drug-likeness (QED) is 0.806. The van der Waals surface area contributed by atoms with E-state index < -0.39 is 0 Å². The van der Waals surface area contributed by atoms with E-state index in [-0.39, 0.29) is 5.97 Å². The van der Waals surface area contributed by atoms with Crippen LogP contribution < -0.4 is 0 Å². The standard InChI is InChI=1S/C13H13BrO3/c1-3-4-11-12(13(15)16-2)9-7-8(14)5-6-10(9)17-11/h5-7H,3-4H2,1-2H3. The largest absolute Gasteiger partial charge is 0.465 e. The van der Waals surface area contributed by atoms with Gasteiger partial charge in [0.1, 0.15) is 16.9 Å². The Hall–Kier alpha value is -1.29. The fourth-order valence-electron chi connectivity index (χ4n) is 1.85. The Labute approximate surface area is 108 Å². The van der Waals surface area contributed by atoms with Crippen LogP contribution >= 0.6 is 15.9 Å². The summed E-state index contributed by atoms with van der Waals surface area (Å²) in [5.74, 6) is 0.359. The van der Waals surface area contributed by atoms with Gasteiger partial charge in [0.15, 0.2) is 0 Å². The summed E-state index contributed by atoms with van der Waals surface area (Å²) in [6.45, 7) is 2.05. The minimum absolute atomic E-state index is 0.342. The van der Waals surface area contributed by atoms with Crippen molar-refractivity contribution in [2.24, 2.45) is 0 Å². The van der Waals surface area contributed by atoms with Gasteiger partial charge in [-0.05, 0) is 24.6 Å². The fourth-order valence-corrected chi connectivity index (χ4v) is 2.21. The second kappa shape index (κ2) is 4.92. The molecule has 2 aromatic rings. The van der Waals surface area contributed by atoms with Crippen molar-refractivity contribution in [2.45, 2.75) is 19.8 Å². The second-order valence-electron chi connectivity index (χ2n) is 3.78. The Morgan fingerprint density at radius 1 is 1.47 bits per heavy atom. The van der Waals surface area contributed by atoms with Crippen LogP contribution in [-0.2, 0) is 11.2 Å². The molecule has 0 saturated carbocycles. The van der Waals surface area contributed by atoms with Gasteiger partial charge in [-0.2, -0.15) is 0 Å². The van der Waals surface area contributed by atoms with Crippen molar-refractivity contribution in [3.8, 4) is 0 Å². The zero-order chi connectivity index (χ0) is 12.4. The SMILES string of the molecule is CCCc1oc2ccc(Br)cc2c1C(=O)OC. The summed E-state index contributed by atoms with van der Waals surface area (Å²) in [5, 5.41) is 0.801. The lowest BCUT2D eigenvalue weighted by Crippen LogP contribution is -2.03. The van der Waals surface area contributed by atoms with Crippen molar-refractivity contribution in [1.82, 2.24) is 0 Å². The summed E-state index contributed by atoms with van der Waals surface area (Å²) < 4.78 is 11.4. The van der Waals surface area contributed by atoms with Crippen LogP contribution in [0.5, 0.6) is 0 Å². The first-order valence-corrected chi connectivity index (χ1v) is 6.26. The number of hydrogen-bond acceptors (Lipinski definition) is 3. The molecule has 0 aliphatic rings. The number of aryl methyl sites for hydroxylation is 1. The van der Waals surface area contributed by atoms with E-state index in [0.29, 0.717) is 11.3 Å². The van der Waals surface area contributed by atoms with E-state index in [0.717, 1.165) is 28.3 Å². The van der Waals surface area contributed by atoms with Gasteiger partial charge in [-0.1, -0.05) is 22.9 Å². The molecule has 0 bridgehead atoms. The third kappa shape index (κ3) is 2.22. The molecule has 0 atom stereocenters. The summed E-state index contributed by atoms with van der Waals surface area (Å²) in [4.78, 5) is 11.8. The van der Waals surface area contributed by atoms with Crippen molar-refractivity contribution in [3.05, 3.63) is 34.0 Å². The van der Waals surface area contributed by atoms with Crippen molar-refractivity contribution >= 4 is 32.9 Å². The van der Waals surface area contributed by atoms with Crippen LogP contribution in [0.1, 0.15) is 29.5 Å². The van der Waals surface area contributed by atoms with Crippen LogP contribution in [0.15, 0.2) is 27.1 Å². The number of carbonyl (C=O) groups is 1. The number of halogens is 1. The average molecular weight is 297 g/mol. The number of esters is 1. The number of hydrogen-bond donors (Lipinski definition) is 0. The summed E-state index contributed by atoms with van der Waals surface area (Å²) in [5.41, 5.74) is 1.27. The van der Waals surface area contributed by atoms with Gasteiger partial charge in [-0.25, -0.2) is 4.79 Å². The van der Waals surface area contributed by atoms with Crippen LogP contribution in [0.25, 0.3) is 11.0 Å². The molecule has 0 aliphatic carbocycles. The zero-order valence-electron chi connectivity index (χ0n) is 9.75. The van der Waals surface area contributed by atoms with Crippen molar-refractivity contribution in [3.63, 3.8) is 0 Å². The summed E-state index contributed by atoms with van der Waals surface area (Å²) in [7, 11) is 1.38. The van der Waals surface area contributed by atoms with Crippen LogP contribution in [0.4, 0.5) is 0 Å². The lowest BCUT2D eigenvalue weighted by molar-refractivity contribution is 0.0600. The van der Waals surface area contributed by atoms with Crippen molar-refractivity contribution in [1.29, 1.82) is 0 Å². The van der Waals surface area contributed by atoms with E-state index in [4.69, 9.17) is 9.15 Å². The number of benzene rings is 1. The first-order valence-electron chi connectivity index (χ1n) is 5.46. The van der Waals surface area contributed by atoms with Gasteiger partial charge in [0.05, 0.1) is 7.11 Å². The molecule has 0 amide bonds. The molecule has 17 heavy (non-hydrogen) atoms. The molecule has 0 unspecified atom stereocenters. The number of ether oxygens (including phenoxy) is 1. The van der Waals surface area contributed by atoms with Crippen LogP contribution in [-0.4, -0.2) is 13.1 Å². The van der Waals surface area contributed by atoms with E-state index >= 15 is 0 Å². The topological polar surface area (TPSA) is 39.4 Å². The van der Waals surface area contributed by atoms with E-state index in [2.05, 4.69) is 15.9 Å². The molecule has 2 rings (SSSR count). The molecule has 4 heteroatoms. The van der Waals surface area contributed by atoms with E-state index in [1.54, 1.807) is 0 Å². The van der Waals surface area contributed by atoms with Gasteiger partial charge in [0.25, 0.3) is 0 Å². The van der Waals surface area contributed by atoms with Gasteiger partial charge in [0.2, 0.25) is 0 Å². The first-order chi connectivity index (χ1) is 8.17.